The lowest BCUT2D eigenvalue weighted by molar-refractivity contribution is 0.408. The van der Waals surface area contributed by atoms with Crippen molar-refractivity contribution in [3.05, 3.63) is 30.3 Å². The predicted octanol–water partition coefficient (Wildman–Crippen LogP) is 3.26. The average Bonchev–Trinajstić information content (AvgIpc) is 2.65. The van der Waals surface area contributed by atoms with Gasteiger partial charge in [0.15, 0.2) is 15.8 Å². The van der Waals surface area contributed by atoms with Crippen LogP contribution in [0.5, 0.6) is 0 Å². The summed E-state index contributed by atoms with van der Waals surface area (Å²) in [6, 6.07) is 8.64. The molecule has 1 aliphatic heterocycles. The largest absolute Gasteiger partial charge is 0.357 e. The van der Waals surface area contributed by atoms with Crippen LogP contribution in [0, 0.1) is 0 Å². The molecule has 0 saturated carbocycles. The van der Waals surface area contributed by atoms with E-state index in [2.05, 4.69) is 29.1 Å². The van der Waals surface area contributed by atoms with Gasteiger partial charge in [0.2, 0.25) is 0 Å². The average molecular weight is 511 g/mol. The van der Waals surface area contributed by atoms with Gasteiger partial charge in [-0.1, -0.05) is 25.1 Å². The Morgan fingerprint density at radius 2 is 2.04 bits per heavy atom. The number of rotatable bonds is 7. The third-order valence-corrected chi connectivity index (χ3v) is 7.35. The highest BCUT2D eigenvalue weighted by Gasteiger charge is 2.21. The summed E-state index contributed by atoms with van der Waals surface area (Å²) in [5, 5.41) is 3.99. The normalized spacial score (nSPS) is 18.3. The highest BCUT2D eigenvalue weighted by molar-refractivity contribution is 14.0. The first-order valence-electron chi connectivity index (χ1n) is 8.99. The van der Waals surface area contributed by atoms with E-state index in [0.29, 0.717) is 23.1 Å². The summed E-state index contributed by atoms with van der Waals surface area (Å²) >= 11 is 2.03. The maximum absolute atomic E-state index is 12.3. The van der Waals surface area contributed by atoms with E-state index in [1.165, 1.54) is 0 Å². The van der Waals surface area contributed by atoms with Gasteiger partial charge in [0.05, 0.1) is 10.6 Å². The van der Waals surface area contributed by atoms with Crippen LogP contribution in [0.3, 0.4) is 0 Å². The Bertz CT molecular complexity index is 654. The Balaban J connectivity index is 0.00000338. The molecule has 1 aromatic carbocycles. The number of nitrogens with zero attached hydrogens (tertiary/aromatic N) is 2. The van der Waals surface area contributed by atoms with E-state index in [1.54, 1.807) is 24.3 Å². The second kappa shape index (κ2) is 12.1. The molecule has 0 radical (unpaired) electrons. The minimum absolute atomic E-state index is 0. The lowest BCUT2D eigenvalue weighted by atomic mass is 10.3. The SMILES string of the molecule is CCNC(=NCCCS(=O)(=O)c1ccccc1)N1CCSC(CC)C1.I. The van der Waals surface area contributed by atoms with E-state index < -0.39 is 9.84 Å². The van der Waals surface area contributed by atoms with Gasteiger partial charge < -0.3 is 10.2 Å². The van der Waals surface area contributed by atoms with Crippen molar-refractivity contribution in [2.24, 2.45) is 4.99 Å². The van der Waals surface area contributed by atoms with Crippen LogP contribution in [-0.4, -0.2) is 62.2 Å². The third kappa shape index (κ3) is 7.26. The van der Waals surface area contributed by atoms with E-state index in [1.807, 2.05) is 17.8 Å². The monoisotopic (exact) mass is 511 g/mol. The molecule has 5 nitrogen and oxygen atoms in total. The lowest BCUT2D eigenvalue weighted by Gasteiger charge is -2.34. The number of guanidine groups is 1. The summed E-state index contributed by atoms with van der Waals surface area (Å²) in [5.41, 5.74) is 0. The minimum atomic E-state index is -3.21. The smallest absolute Gasteiger partial charge is 0.193 e. The Hall–Kier alpha value is -0.480. The summed E-state index contributed by atoms with van der Waals surface area (Å²) in [5.74, 6) is 2.16. The van der Waals surface area contributed by atoms with Crippen molar-refractivity contribution in [1.29, 1.82) is 0 Å². The van der Waals surface area contributed by atoms with E-state index in [-0.39, 0.29) is 29.7 Å². The highest BCUT2D eigenvalue weighted by atomic mass is 127. The first-order chi connectivity index (χ1) is 12.1. The molecule has 0 bridgehead atoms. The number of hydrogen-bond donors (Lipinski definition) is 1. The number of nitrogens with one attached hydrogen (secondary N) is 1. The number of aliphatic imine (C=N–C) groups is 1. The topological polar surface area (TPSA) is 61.8 Å². The molecular formula is C18H30IN3O2S2. The van der Waals surface area contributed by atoms with E-state index in [9.17, 15) is 8.42 Å². The molecule has 0 aliphatic carbocycles. The molecule has 1 heterocycles. The van der Waals surface area contributed by atoms with Crippen LogP contribution in [0.4, 0.5) is 0 Å². The Morgan fingerprint density at radius 3 is 2.69 bits per heavy atom. The molecule has 1 unspecified atom stereocenters. The van der Waals surface area contributed by atoms with Crippen molar-refractivity contribution in [3.8, 4) is 0 Å². The highest BCUT2D eigenvalue weighted by Crippen LogP contribution is 2.21. The maximum Gasteiger partial charge on any atom is 0.193 e. The van der Waals surface area contributed by atoms with Gasteiger partial charge in [-0.25, -0.2) is 8.42 Å². The van der Waals surface area contributed by atoms with Gasteiger partial charge in [0.25, 0.3) is 0 Å². The van der Waals surface area contributed by atoms with Gasteiger partial charge in [0.1, 0.15) is 0 Å². The van der Waals surface area contributed by atoms with Crippen molar-refractivity contribution in [1.82, 2.24) is 10.2 Å². The second-order valence-electron chi connectivity index (χ2n) is 6.07. The quantitative estimate of drug-likeness (QED) is 0.264. The Morgan fingerprint density at radius 1 is 1.31 bits per heavy atom. The molecular weight excluding hydrogens is 481 g/mol. The molecule has 2 rings (SSSR count). The van der Waals surface area contributed by atoms with E-state index in [4.69, 9.17) is 0 Å². The van der Waals surface area contributed by atoms with Crippen LogP contribution >= 0.6 is 35.7 Å². The molecule has 0 amide bonds. The summed E-state index contributed by atoms with van der Waals surface area (Å²) in [7, 11) is -3.21. The zero-order valence-electron chi connectivity index (χ0n) is 15.6. The van der Waals surface area contributed by atoms with Crippen LogP contribution in [0.2, 0.25) is 0 Å². The summed E-state index contributed by atoms with van der Waals surface area (Å²) in [6.45, 7) is 7.63. The fourth-order valence-corrected chi connectivity index (χ4v) is 5.27. The molecule has 26 heavy (non-hydrogen) atoms. The van der Waals surface area contributed by atoms with Crippen LogP contribution < -0.4 is 5.32 Å². The zero-order valence-corrected chi connectivity index (χ0v) is 19.5. The maximum atomic E-state index is 12.3. The van der Waals surface area contributed by atoms with Crippen LogP contribution in [0.1, 0.15) is 26.7 Å². The van der Waals surface area contributed by atoms with Gasteiger partial charge >= 0.3 is 0 Å². The van der Waals surface area contributed by atoms with Gasteiger partial charge in [-0.2, -0.15) is 11.8 Å². The number of benzene rings is 1. The number of sulfone groups is 1. The number of thioether (sulfide) groups is 1. The van der Waals surface area contributed by atoms with Gasteiger partial charge in [-0.15, -0.1) is 24.0 Å². The Kier molecular flexibility index (Phi) is 10.9. The minimum Gasteiger partial charge on any atom is -0.357 e. The molecule has 1 aromatic rings. The first-order valence-corrected chi connectivity index (χ1v) is 11.7. The molecule has 1 aliphatic rings. The van der Waals surface area contributed by atoms with E-state index >= 15 is 0 Å². The fraction of sp³-hybridized carbons (Fsp3) is 0.611. The lowest BCUT2D eigenvalue weighted by Crippen LogP contribution is -2.48. The van der Waals surface area contributed by atoms with Crippen molar-refractivity contribution in [2.45, 2.75) is 36.8 Å². The van der Waals surface area contributed by atoms with Gasteiger partial charge in [-0.05, 0) is 31.9 Å². The van der Waals surface area contributed by atoms with Gasteiger partial charge in [0, 0.05) is 37.2 Å². The van der Waals surface area contributed by atoms with Crippen LogP contribution in [-0.2, 0) is 9.84 Å². The molecule has 0 spiro atoms. The number of halogens is 1. The molecule has 1 atom stereocenters. The standard InChI is InChI=1S/C18H29N3O2S2.HI/c1-3-16-15-21(12-13-24-16)18(19-4-2)20-11-8-14-25(22,23)17-9-6-5-7-10-17;/h5-7,9-10,16H,3-4,8,11-15H2,1-2H3,(H,19,20);1H. The van der Waals surface area contributed by atoms with Gasteiger partial charge in [-0.3, -0.25) is 4.99 Å². The molecule has 1 fully saturated rings. The van der Waals surface area contributed by atoms with Crippen molar-refractivity contribution >= 4 is 51.5 Å². The molecule has 0 aromatic heterocycles. The second-order valence-corrected chi connectivity index (χ2v) is 9.59. The predicted molar refractivity (Wildman–Crippen MR) is 123 cm³/mol. The summed E-state index contributed by atoms with van der Waals surface area (Å²) in [6.07, 6.45) is 1.70. The number of hydrogen-bond acceptors (Lipinski definition) is 4. The summed E-state index contributed by atoms with van der Waals surface area (Å²) < 4.78 is 24.6. The summed E-state index contributed by atoms with van der Waals surface area (Å²) in [4.78, 5) is 7.36. The Labute approximate surface area is 179 Å². The zero-order chi connectivity index (χ0) is 18.1. The molecule has 1 N–H and O–H groups in total. The van der Waals surface area contributed by atoms with Crippen LogP contribution in [0.25, 0.3) is 0 Å². The van der Waals surface area contributed by atoms with E-state index in [0.717, 1.165) is 37.8 Å². The van der Waals surface area contributed by atoms with Crippen molar-refractivity contribution in [3.63, 3.8) is 0 Å². The van der Waals surface area contributed by atoms with Crippen LogP contribution in [0.15, 0.2) is 40.2 Å². The third-order valence-electron chi connectivity index (χ3n) is 4.16. The fourth-order valence-electron chi connectivity index (χ4n) is 2.77. The van der Waals surface area contributed by atoms with Crippen molar-refractivity contribution in [2.75, 3.05) is 37.7 Å². The first kappa shape index (κ1) is 23.6. The molecule has 8 heteroatoms. The molecule has 148 valence electrons. The van der Waals surface area contributed by atoms with Crippen molar-refractivity contribution < 1.29 is 8.42 Å². The molecule has 1 saturated heterocycles.